The van der Waals surface area contributed by atoms with Crippen LogP contribution >= 0.6 is 11.3 Å². The topological polar surface area (TPSA) is 70.1 Å². The van der Waals surface area contributed by atoms with Crippen LogP contribution in [0.4, 0.5) is 5.69 Å². The van der Waals surface area contributed by atoms with Crippen LogP contribution in [0.2, 0.25) is 0 Å². The fraction of sp³-hybridized carbons (Fsp3) is 0.333. The molecular weight excluding hydrogens is 250 g/mol. The summed E-state index contributed by atoms with van der Waals surface area (Å²) in [5.74, 6) is -0.437. The Morgan fingerprint density at radius 2 is 2.39 bits per heavy atom. The zero-order chi connectivity index (χ0) is 13.1. The SMILES string of the molecule is CCc1nn(C)c(C(=O)OCc2ccsc2)c1N. The van der Waals surface area contributed by atoms with Crippen molar-refractivity contribution in [1.82, 2.24) is 9.78 Å². The fourth-order valence-corrected chi connectivity index (χ4v) is 2.34. The van der Waals surface area contributed by atoms with Gasteiger partial charge in [-0.05, 0) is 23.2 Å². The summed E-state index contributed by atoms with van der Waals surface area (Å²) in [7, 11) is 1.69. The van der Waals surface area contributed by atoms with Crippen LogP contribution in [0.25, 0.3) is 0 Å². The van der Waals surface area contributed by atoms with Gasteiger partial charge in [0, 0.05) is 12.6 Å². The molecule has 0 saturated carbocycles. The lowest BCUT2D eigenvalue weighted by Crippen LogP contribution is -2.12. The number of rotatable bonds is 4. The fourth-order valence-electron chi connectivity index (χ4n) is 1.69. The highest BCUT2D eigenvalue weighted by Crippen LogP contribution is 2.18. The molecule has 5 nitrogen and oxygen atoms in total. The second kappa shape index (κ2) is 5.22. The third-order valence-electron chi connectivity index (χ3n) is 2.64. The maximum atomic E-state index is 12.0. The highest BCUT2D eigenvalue weighted by Gasteiger charge is 2.20. The van der Waals surface area contributed by atoms with Crippen molar-refractivity contribution in [3.8, 4) is 0 Å². The molecule has 0 aliphatic rings. The normalized spacial score (nSPS) is 10.6. The van der Waals surface area contributed by atoms with Gasteiger partial charge < -0.3 is 10.5 Å². The molecule has 0 aliphatic heterocycles. The molecule has 0 amide bonds. The van der Waals surface area contributed by atoms with Gasteiger partial charge in [0.25, 0.3) is 0 Å². The van der Waals surface area contributed by atoms with E-state index < -0.39 is 5.97 Å². The second-order valence-corrected chi connectivity index (χ2v) is 4.67. The number of hydrogen-bond donors (Lipinski definition) is 1. The molecule has 0 bridgehead atoms. The number of ether oxygens (including phenoxy) is 1. The summed E-state index contributed by atoms with van der Waals surface area (Å²) in [6.45, 7) is 2.20. The molecule has 0 fully saturated rings. The summed E-state index contributed by atoms with van der Waals surface area (Å²) in [6, 6.07) is 1.92. The van der Waals surface area contributed by atoms with Crippen molar-refractivity contribution in [2.24, 2.45) is 7.05 Å². The highest BCUT2D eigenvalue weighted by atomic mass is 32.1. The van der Waals surface area contributed by atoms with Crippen LogP contribution < -0.4 is 5.73 Å². The van der Waals surface area contributed by atoms with Gasteiger partial charge in [-0.15, -0.1) is 0 Å². The van der Waals surface area contributed by atoms with Gasteiger partial charge in [0.1, 0.15) is 6.61 Å². The third kappa shape index (κ3) is 2.38. The summed E-state index contributed by atoms with van der Waals surface area (Å²) in [6.07, 6.45) is 0.692. The summed E-state index contributed by atoms with van der Waals surface area (Å²) in [4.78, 5) is 12.0. The molecule has 96 valence electrons. The minimum absolute atomic E-state index is 0.258. The number of thiophene rings is 1. The summed E-state index contributed by atoms with van der Waals surface area (Å²) in [5.41, 5.74) is 8.32. The summed E-state index contributed by atoms with van der Waals surface area (Å²) >= 11 is 1.57. The van der Waals surface area contributed by atoms with E-state index in [9.17, 15) is 4.79 Å². The molecule has 2 heterocycles. The van der Waals surface area contributed by atoms with Gasteiger partial charge in [-0.3, -0.25) is 4.68 Å². The number of aromatic nitrogens is 2. The van der Waals surface area contributed by atoms with Gasteiger partial charge in [0.15, 0.2) is 5.69 Å². The molecule has 0 unspecified atom stereocenters. The Morgan fingerprint density at radius 1 is 1.61 bits per heavy atom. The number of nitrogens with two attached hydrogens (primary N) is 1. The monoisotopic (exact) mass is 265 g/mol. The Balaban J connectivity index is 2.11. The molecule has 2 N–H and O–H groups in total. The van der Waals surface area contributed by atoms with Crippen LogP contribution in [0.3, 0.4) is 0 Å². The molecule has 2 aromatic rings. The lowest BCUT2D eigenvalue weighted by atomic mass is 10.2. The lowest BCUT2D eigenvalue weighted by molar-refractivity contribution is 0.0461. The van der Waals surface area contributed by atoms with E-state index in [2.05, 4.69) is 5.10 Å². The van der Waals surface area contributed by atoms with E-state index in [1.165, 1.54) is 4.68 Å². The Kier molecular flexibility index (Phi) is 3.66. The number of nitrogen functional groups attached to an aromatic ring is 1. The highest BCUT2D eigenvalue weighted by molar-refractivity contribution is 7.07. The Hall–Kier alpha value is -1.82. The maximum Gasteiger partial charge on any atom is 0.359 e. The van der Waals surface area contributed by atoms with E-state index in [1.807, 2.05) is 23.8 Å². The minimum atomic E-state index is -0.437. The van der Waals surface area contributed by atoms with Crippen molar-refractivity contribution in [3.05, 3.63) is 33.8 Å². The van der Waals surface area contributed by atoms with E-state index in [0.29, 0.717) is 17.8 Å². The molecule has 0 radical (unpaired) electrons. The van der Waals surface area contributed by atoms with Crippen LogP contribution in [0.1, 0.15) is 28.7 Å². The van der Waals surface area contributed by atoms with Crippen LogP contribution in [0.15, 0.2) is 16.8 Å². The number of carbonyl (C=O) groups excluding carboxylic acids is 1. The zero-order valence-electron chi connectivity index (χ0n) is 10.3. The van der Waals surface area contributed by atoms with Gasteiger partial charge in [-0.25, -0.2) is 4.79 Å². The Labute approximate surface area is 109 Å². The van der Waals surface area contributed by atoms with E-state index >= 15 is 0 Å². The number of anilines is 1. The van der Waals surface area contributed by atoms with Gasteiger partial charge in [0.05, 0.1) is 11.4 Å². The van der Waals surface area contributed by atoms with Crippen LogP contribution in [-0.2, 0) is 24.8 Å². The molecule has 0 spiro atoms. The smallest absolute Gasteiger partial charge is 0.359 e. The number of carbonyl (C=O) groups is 1. The van der Waals surface area contributed by atoms with Gasteiger partial charge in [0.2, 0.25) is 0 Å². The molecule has 6 heteroatoms. The van der Waals surface area contributed by atoms with E-state index in [4.69, 9.17) is 10.5 Å². The average molecular weight is 265 g/mol. The number of hydrogen-bond acceptors (Lipinski definition) is 5. The van der Waals surface area contributed by atoms with Crippen molar-refractivity contribution < 1.29 is 9.53 Å². The first-order valence-corrected chi connectivity index (χ1v) is 6.57. The predicted octanol–water partition coefficient (Wildman–Crippen LogP) is 1.98. The first-order chi connectivity index (χ1) is 8.63. The average Bonchev–Trinajstić information content (AvgIpc) is 2.94. The Morgan fingerprint density at radius 3 is 2.94 bits per heavy atom. The quantitative estimate of drug-likeness (QED) is 0.858. The lowest BCUT2D eigenvalue weighted by Gasteiger charge is -2.04. The van der Waals surface area contributed by atoms with Crippen LogP contribution in [-0.4, -0.2) is 15.7 Å². The van der Waals surface area contributed by atoms with E-state index in [0.717, 1.165) is 11.3 Å². The number of aryl methyl sites for hydroxylation is 2. The molecular formula is C12H15N3O2S. The van der Waals surface area contributed by atoms with E-state index in [1.54, 1.807) is 18.4 Å². The Bertz CT molecular complexity index is 546. The van der Waals surface area contributed by atoms with Crippen molar-refractivity contribution in [1.29, 1.82) is 0 Å². The molecule has 0 aliphatic carbocycles. The molecule has 2 rings (SSSR count). The van der Waals surface area contributed by atoms with Gasteiger partial charge in [-0.2, -0.15) is 16.4 Å². The van der Waals surface area contributed by atoms with E-state index in [-0.39, 0.29) is 6.61 Å². The van der Waals surface area contributed by atoms with Crippen molar-refractivity contribution in [2.45, 2.75) is 20.0 Å². The molecule has 18 heavy (non-hydrogen) atoms. The number of esters is 1. The summed E-state index contributed by atoms with van der Waals surface area (Å²) in [5, 5.41) is 8.07. The van der Waals surface area contributed by atoms with Crippen molar-refractivity contribution in [3.63, 3.8) is 0 Å². The maximum absolute atomic E-state index is 12.0. The van der Waals surface area contributed by atoms with Crippen LogP contribution in [0, 0.1) is 0 Å². The molecule has 0 saturated heterocycles. The van der Waals surface area contributed by atoms with Crippen LogP contribution in [0.5, 0.6) is 0 Å². The van der Waals surface area contributed by atoms with Crippen molar-refractivity contribution >= 4 is 23.0 Å². The van der Waals surface area contributed by atoms with Crippen molar-refractivity contribution in [2.75, 3.05) is 5.73 Å². The number of nitrogens with zero attached hydrogens (tertiary/aromatic N) is 2. The van der Waals surface area contributed by atoms with Gasteiger partial charge >= 0.3 is 5.97 Å². The third-order valence-corrected chi connectivity index (χ3v) is 3.37. The first-order valence-electron chi connectivity index (χ1n) is 5.63. The summed E-state index contributed by atoms with van der Waals surface area (Å²) < 4.78 is 6.70. The second-order valence-electron chi connectivity index (χ2n) is 3.89. The molecule has 0 aromatic carbocycles. The zero-order valence-corrected chi connectivity index (χ0v) is 11.2. The van der Waals surface area contributed by atoms with Gasteiger partial charge in [-0.1, -0.05) is 6.92 Å². The predicted molar refractivity (Wildman–Crippen MR) is 70.4 cm³/mol. The molecule has 2 aromatic heterocycles. The first kappa shape index (κ1) is 12.6. The molecule has 0 atom stereocenters. The largest absolute Gasteiger partial charge is 0.456 e. The standard InChI is InChI=1S/C12H15N3O2S/c1-3-9-10(13)11(15(2)14-9)12(16)17-6-8-4-5-18-7-8/h4-5,7H,3,6,13H2,1-2H3. The minimum Gasteiger partial charge on any atom is -0.456 e.